The van der Waals surface area contributed by atoms with Gasteiger partial charge in [0.2, 0.25) is 0 Å². The van der Waals surface area contributed by atoms with E-state index in [9.17, 15) is 4.39 Å². The van der Waals surface area contributed by atoms with Crippen LogP contribution in [0.2, 0.25) is 0 Å². The summed E-state index contributed by atoms with van der Waals surface area (Å²) in [7, 11) is 0. The fraction of sp³-hybridized carbons (Fsp3) is 0.280. The zero-order chi connectivity index (χ0) is 22.8. The summed E-state index contributed by atoms with van der Waals surface area (Å²) >= 11 is 0. The summed E-state index contributed by atoms with van der Waals surface area (Å²) in [6, 6.07) is 10.7. The molecule has 8 heteroatoms. The molecule has 1 atom stereocenters. The van der Waals surface area contributed by atoms with Crippen molar-refractivity contribution >= 4 is 5.82 Å². The Hall–Kier alpha value is -3.65. The van der Waals surface area contributed by atoms with Gasteiger partial charge in [-0.05, 0) is 55.8 Å². The van der Waals surface area contributed by atoms with E-state index in [1.54, 1.807) is 24.5 Å². The summed E-state index contributed by atoms with van der Waals surface area (Å²) in [6.45, 7) is 7.47. The monoisotopic (exact) mass is 443 g/mol. The second kappa shape index (κ2) is 9.07. The van der Waals surface area contributed by atoms with E-state index >= 15 is 0 Å². The van der Waals surface area contributed by atoms with Gasteiger partial charge >= 0.3 is 0 Å². The Kier molecular flexibility index (Phi) is 5.83. The lowest BCUT2D eigenvalue weighted by molar-refractivity contribution is 0.211. The van der Waals surface area contributed by atoms with Crippen molar-refractivity contribution < 1.29 is 4.39 Å². The first-order valence-electron chi connectivity index (χ1n) is 11.1. The predicted octanol–water partition coefficient (Wildman–Crippen LogP) is 3.93. The van der Waals surface area contributed by atoms with Crippen LogP contribution in [0.5, 0.6) is 0 Å². The van der Waals surface area contributed by atoms with E-state index in [-0.39, 0.29) is 11.9 Å². The van der Waals surface area contributed by atoms with Crippen LogP contribution in [0.25, 0.3) is 11.3 Å². The highest BCUT2D eigenvalue weighted by Crippen LogP contribution is 2.34. The topological polar surface area (TPSA) is 73.8 Å². The van der Waals surface area contributed by atoms with Crippen molar-refractivity contribution in [2.45, 2.75) is 19.9 Å². The Balaban J connectivity index is 1.41. The molecule has 5 rings (SSSR count). The standard InChI is InChI=1S/C25H26FN7/c1-17-22(18(2)31-30-17)24(20-7-9-27-10-8-20)32-13-15-33(16-14-32)25-23(28-11-12-29-25)19-3-5-21(26)6-4-19/h3-12,24H,13-16H2,1-2H3,(H,30,31). The van der Waals surface area contributed by atoms with E-state index in [0.29, 0.717) is 0 Å². The molecule has 4 heterocycles. The summed E-state index contributed by atoms with van der Waals surface area (Å²) in [4.78, 5) is 18.2. The van der Waals surface area contributed by atoms with Crippen LogP contribution in [0.3, 0.4) is 0 Å². The normalized spacial score (nSPS) is 15.5. The van der Waals surface area contributed by atoms with Crippen LogP contribution in [-0.4, -0.2) is 56.2 Å². The van der Waals surface area contributed by atoms with Crippen molar-refractivity contribution in [1.82, 2.24) is 30.0 Å². The number of piperazine rings is 1. The number of benzene rings is 1. The highest BCUT2D eigenvalue weighted by molar-refractivity contribution is 5.72. The van der Waals surface area contributed by atoms with Crippen molar-refractivity contribution in [2.24, 2.45) is 0 Å². The largest absolute Gasteiger partial charge is 0.352 e. The number of aryl methyl sites for hydroxylation is 2. The van der Waals surface area contributed by atoms with Crippen molar-refractivity contribution in [2.75, 3.05) is 31.1 Å². The molecule has 4 aromatic rings. The lowest BCUT2D eigenvalue weighted by atomic mass is 9.95. The van der Waals surface area contributed by atoms with Gasteiger partial charge < -0.3 is 4.90 Å². The highest BCUT2D eigenvalue weighted by Gasteiger charge is 2.30. The Morgan fingerprint density at radius 3 is 2.24 bits per heavy atom. The molecule has 1 N–H and O–H groups in total. The van der Waals surface area contributed by atoms with E-state index in [1.165, 1.54) is 23.3 Å². The number of anilines is 1. The molecule has 1 fully saturated rings. The van der Waals surface area contributed by atoms with E-state index in [1.807, 2.05) is 12.4 Å². The van der Waals surface area contributed by atoms with Crippen LogP contribution in [-0.2, 0) is 0 Å². The number of rotatable bonds is 5. The maximum Gasteiger partial charge on any atom is 0.155 e. The molecule has 1 unspecified atom stereocenters. The van der Waals surface area contributed by atoms with Crippen LogP contribution in [0.4, 0.5) is 10.2 Å². The van der Waals surface area contributed by atoms with Gasteiger partial charge in [0.15, 0.2) is 5.82 Å². The Morgan fingerprint density at radius 2 is 1.58 bits per heavy atom. The number of pyridine rings is 1. The molecule has 7 nitrogen and oxygen atoms in total. The Bertz CT molecular complexity index is 1200. The minimum Gasteiger partial charge on any atom is -0.352 e. The van der Waals surface area contributed by atoms with E-state index in [0.717, 1.165) is 54.6 Å². The molecular weight excluding hydrogens is 417 g/mol. The van der Waals surface area contributed by atoms with Crippen LogP contribution in [0.15, 0.2) is 61.2 Å². The van der Waals surface area contributed by atoms with Gasteiger partial charge in [-0.2, -0.15) is 5.10 Å². The van der Waals surface area contributed by atoms with Crippen molar-refractivity contribution in [3.05, 3.63) is 89.5 Å². The van der Waals surface area contributed by atoms with Crippen molar-refractivity contribution in [3.63, 3.8) is 0 Å². The summed E-state index contributed by atoms with van der Waals surface area (Å²) in [5.41, 5.74) is 6.17. The van der Waals surface area contributed by atoms with Crippen LogP contribution >= 0.6 is 0 Å². The first-order valence-corrected chi connectivity index (χ1v) is 11.1. The van der Waals surface area contributed by atoms with Crippen LogP contribution < -0.4 is 4.90 Å². The number of nitrogens with one attached hydrogen (secondary N) is 1. The van der Waals surface area contributed by atoms with Crippen molar-refractivity contribution in [3.8, 4) is 11.3 Å². The molecule has 1 aliphatic heterocycles. The third-order valence-corrected chi connectivity index (χ3v) is 6.26. The van der Waals surface area contributed by atoms with E-state index in [4.69, 9.17) is 0 Å². The second-order valence-electron chi connectivity index (χ2n) is 8.29. The summed E-state index contributed by atoms with van der Waals surface area (Å²) in [5, 5.41) is 7.59. The van der Waals surface area contributed by atoms with Gasteiger partial charge in [-0.3, -0.25) is 20.0 Å². The van der Waals surface area contributed by atoms with Gasteiger partial charge in [0.1, 0.15) is 11.5 Å². The van der Waals surface area contributed by atoms with Gasteiger partial charge in [0.05, 0.1) is 11.7 Å². The lowest BCUT2D eigenvalue weighted by Crippen LogP contribution is -2.48. The molecule has 0 radical (unpaired) electrons. The minimum atomic E-state index is -0.259. The number of aromatic nitrogens is 5. The average molecular weight is 444 g/mol. The SMILES string of the molecule is Cc1n[nH]c(C)c1C(c1ccncc1)N1CCN(c2nccnc2-c2ccc(F)cc2)CC1. The molecule has 0 spiro atoms. The molecule has 1 saturated heterocycles. The molecule has 0 amide bonds. The fourth-order valence-electron chi connectivity index (χ4n) is 4.63. The maximum absolute atomic E-state index is 13.4. The molecule has 0 bridgehead atoms. The first kappa shape index (κ1) is 21.2. The quantitative estimate of drug-likeness (QED) is 0.504. The molecule has 168 valence electrons. The van der Waals surface area contributed by atoms with Gasteiger partial charge in [-0.25, -0.2) is 9.37 Å². The summed E-state index contributed by atoms with van der Waals surface area (Å²) < 4.78 is 13.4. The number of hydrogen-bond donors (Lipinski definition) is 1. The van der Waals surface area contributed by atoms with E-state index in [2.05, 4.69) is 60.9 Å². The number of halogens is 1. The molecule has 1 aromatic carbocycles. The van der Waals surface area contributed by atoms with Gasteiger partial charge in [-0.1, -0.05) is 0 Å². The molecule has 3 aromatic heterocycles. The lowest BCUT2D eigenvalue weighted by Gasteiger charge is -2.40. The van der Waals surface area contributed by atoms with Gasteiger partial charge in [-0.15, -0.1) is 0 Å². The molecule has 0 saturated carbocycles. The third kappa shape index (κ3) is 4.21. The van der Waals surface area contributed by atoms with E-state index < -0.39 is 0 Å². The molecule has 0 aliphatic carbocycles. The highest BCUT2D eigenvalue weighted by atomic mass is 19.1. The molecule has 1 aliphatic rings. The van der Waals surface area contributed by atoms with Crippen molar-refractivity contribution in [1.29, 1.82) is 0 Å². The number of aromatic amines is 1. The zero-order valence-electron chi connectivity index (χ0n) is 18.7. The Morgan fingerprint density at radius 1 is 0.879 bits per heavy atom. The summed E-state index contributed by atoms with van der Waals surface area (Å²) in [5.74, 6) is 0.574. The van der Waals surface area contributed by atoms with Crippen LogP contribution in [0, 0.1) is 19.7 Å². The number of H-pyrrole nitrogens is 1. The number of nitrogens with zero attached hydrogens (tertiary/aromatic N) is 6. The van der Waals surface area contributed by atoms with Gasteiger partial charge in [0, 0.05) is 67.8 Å². The molecular formula is C25H26FN7. The fourth-order valence-corrected chi connectivity index (χ4v) is 4.63. The third-order valence-electron chi connectivity index (χ3n) is 6.26. The van der Waals surface area contributed by atoms with Crippen LogP contribution in [0.1, 0.15) is 28.6 Å². The Labute approximate surface area is 192 Å². The minimum absolute atomic E-state index is 0.104. The summed E-state index contributed by atoms with van der Waals surface area (Å²) in [6.07, 6.45) is 7.09. The zero-order valence-corrected chi connectivity index (χ0v) is 18.7. The smallest absolute Gasteiger partial charge is 0.155 e. The predicted molar refractivity (Wildman–Crippen MR) is 125 cm³/mol. The second-order valence-corrected chi connectivity index (χ2v) is 8.29. The maximum atomic E-state index is 13.4. The average Bonchev–Trinajstić information content (AvgIpc) is 3.19. The van der Waals surface area contributed by atoms with Gasteiger partial charge in [0.25, 0.3) is 0 Å². The molecule has 33 heavy (non-hydrogen) atoms. The first-order chi connectivity index (χ1) is 16.1. The number of hydrogen-bond acceptors (Lipinski definition) is 6.